The first kappa shape index (κ1) is 10.5. The number of halogens is 1. The molecule has 3 nitrogen and oxygen atoms in total. The number of esters is 1. The highest BCUT2D eigenvalue weighted by Gasteiger charge is 2.18. The number of nitrogen functional groups attached to an aromatic ring is 1. The van der Waals surface area contributed by atoms with Crippen LogP contribution in [0.25, 0.3) is 0 Å². The maximum Gasteiger partial charge on any atom is 0.341 e. The number of methoxy groups -OCH3 is 1. The first-order valence-electron chi connectivity index (χ1n) is 4.12. The fourth-order valence-electron chi connectivity index (χ4n) is 1.31. The molecule has 0 heterocycles. The summed E-state index contributed by atoms with van der Waals surface area (Å²) in [4.78, 5) is 11.2. The Balaban J connectivity index is 3.44. The standard InChI is InChI=1S/C10H12FNO2/c1-5-4-6(2)9(12)8(11)7(5)10(13)14-3/h4H,12H2,1-3H3. The minimum Gasteiger partial charge on any atom is -0.465 e. The van der Waals surface area contributed by atoms with Gasteiger partial charge in [0.05, 0.1) is 12.8 Å². The summed E-state index contributed by atoms with van der Waals surface area (Å²) in [7, 11) is 1.21. The second-order valence-corrected chi connectivity index (χ2v) is 3.10. The zero-order chi connectivity index (χ0) is 10.9. The lowest BCUT2D eigenvalue weighted by atomic mass is 10.0. The number of carbonyl (C=O) groups excluding carboxylic acids is 1. The molecule has 4 heteroatoms. The first-order chi connectivity index (χ1) is 6.49. The molecule has 14 heavy (non-hydrogen) atoms. The van der Waals surface area contributed by atoms with Gasteiger partial charge in [-0.15, -0.1) is 0 Å². The second kappa shape index (κ2) is 3.65. The average molecular weight is 197 g/mol. The number of aryl methyl sites for hydroxylation is 2. The molecule has 1 aromatic carbocycles. The van der Waals surface area contributed by atoms with Gasteiger partial charge in [-0.2, -0.15) is 0 Å². The van der Waals surface area contributed by atoms with Crippen LogP contribution in [0.3, 0.4) is 0 Å². The van der Waals surface area contributed by atoms with Crippen molar-refractivity contribution in [3.8, 4) is 0 Å². The molecule has 0 aliphatic heterocycles. The Kier molecular flexibility index (Phi) is 2.74. The Labute approximate surface area is 81.7 Å². The molecular weight excluding hydrogens is 185 g/mol. The number of carbonyl (C=O) groups is 1. The van der Waals surface area contributed by atoms with Crippen molar-refractivity contribution in [2.45, 2.75) is 13.8 Å². The largest absolute Gasteiger partial charge is 0.465 e. The van der Waals surface area contributed by atoms with Gasteiger partial charge < -0.3 is 10.5 Å². The third-order valence-corrected chi connectivity index (χ3v) is 2.10. The van der Waals surface area contributed by atoms with Gasteiger partial charge in [0.25, 0.3) is 0 Å². The minimum atomic E-state index is -0.702. The van der Waals surface area contributed by atoms with Crippen molar-refractivity contribution in [1.82, 2.24) is 0 Å². The highest BCUT2D eigenvalue weighted by molar-refractivity contribution is 5.92. The van der Waals surface area contributed by atoms with E-state index >= 15 is 0 Å². The van der Waals surface area contributed by atoms with Gasteiger partial charge in [0, 0.05) is 0 Å². The quantitative estimate of drug-likeness (QED) is 0.551. The molecule has 1 aromatic rings. The fourth-order valence-corrected chi connectivity index (χ4v) is 1.31. The van der Waals surface area contributed by atoms with E-state index < -0.39 is 11.8 Å². The monoisotopic (exact) mass is 197 g/mol. The van der Waals surface area contributed by atoms with Crippen molar-refractivity contribution < 1.29 is 13.9 Å². The van der Waals surface area contributed by atoms with Gasteiger partial charge in [-0.05, 0) is 25.0 Å². The van der Waals surface area contributed by atoms with Gasteiger partial charge in [-0.1, -0.05) is 6.07 Å². The third kappa shape index (κ3) is 1.55. The molecular formula is C10H12FNO2. The number of rotatable bonds is 1. The van der Waals surface area contributed by atoms with Crippen LogP contribution >= 0.6 is 0 Å². The second-order valence-electron chi connectivity index (χ2n) is 3.10. The molecule has 0 atom stereocenters. The number of hydrogen-bond donors (Lipinski definition) is 1. The van der Waals surface area contributed by atoms with Crippen LogP contribution in [-0.4, -0.2) is 13.1 Å². The summed E-state index contributed by atoms with van der Waals surface area (Å²) >= 11 is 0. The number of hydrogen-bond acceptors (Lipinski definition) is 3. The SMILES string of the molecule is COC(=O)c1c(C)cc(C)c(N)c1F. The van der Waals surface area contributed by atoms with Gasteiger partial charge in [0.15, 0.2) is 5.82 Å². The van der Waals surface area contributed by atoms with E-state index in [1.165, 1.54) is 7.11 Å². The molecule has 0 unspecified atom stereocenters. The predicted octanol–water partition coefficient (Wildman–Crippen LogP) is 1.81. The van der Waals surface area contributed by atoms with Crippen LogP contribution in [0, 0.1) is 19.7 Å². The smallest absolute Gasteiger partial charge is 0.341 e. The normalized spacial score (nSPS) is 10.0. The molecule has 2 N–H and O–H groups in total. The first-order valence-corrected chi connectivity index (χ1v) is 4.12. The maximum absolute atomic E-state index is 13.5. The van der Waals surface area contributed by atoms with Crippen LogP contribution in [0.15, 0.2) is 6.07 Å². The van der Waals surface area contributed by atoms with Gasteiger partial charge in [0.2, 0.25) is 0 Å². The predicted molar refractivity (Wildman–Crippen MR) is 51.6 cm³/mol. The van der Waals surface area contributed by atoms with Crippen LogP contribution in [0.5, 0.6) is 0 Å². The van der Waals surface area contributed by atoms with E-state index in [1.807, 2.05) is 0 Å². The number of ether oxygens (including phenoxy) is 1. The maximum atomic E-state index is 13.5. The minimum absolute atomic E-state index is 0.00370. The molecule has 0 saturated carbocycles. The van der Waals surface area contributed by atoms with Crippen molar-refractivity contribution in [1.29, 1.82) is 0 Å². The molecule has 0 saturated heterocycles. The Hall–Kier alpha value is -1.58. The van der Waals surface area contributed by atoms with Gasteiger partial charge >= 0.3 is 5.97 Å². The molecule has 0 spiro atoms. The van der Waals surface area contributed by atoms with Crippen LogP contribution < -0.4 is 5.73 Å². The zero-order valence-electron chi connectivity index (χ0n) is 8.35. The van der Waals surface area contributed by atoms with Gasteiger partial charge in [0.1, 0.15) is 5.56 Å². The zero-order valence-corrected chi connectivity index (χ0v) is 8.35. The Morgan fingerprint density at radius 3 is 2.50 bits per heavy atom. The molecule has 0 amide bonds. The van der Waals surface area contributed by atoms with Crippen molar-refractivity contribution in [2.75, 3.05) is 12.8 Å². The van der Waals surface area contributed by atoms with Crippen LogP contribution in [0.2, 0.25) is 0 Å². The van der Waals surface area contributed by atoms with E-state index in [-0.39, 0.29) is 11.3 Å². The van der Waals surface area contributed by atoms with Crippen LogP contribution in [0.4, 0.5) is 10.1 Å². The van der Waals surface area contributed by atoms with Crippen LogP contribution in [0.1, 0.15) is 21.5 Å². The molecule has 76 valence electrons. The summed E-state index contributed by atoms with van der Waals surface area (Å²) in [5.41, 5.74) is 6.52. The lowest BCUT2D eigenvalue weighted by molar-refractivity contribution is 0.0595. The lowest BCUT2D eigenvalue weighted by Gasteiger charge is -2.09. The Morgan fingerprint density at radius 1 is 1.43 bits per heavy atom. The molecule has 0 aliphatic carbocycles. The van der Waals surface area contributed by atoms with E-state index in [4.69, 9.17) is 5.73 Å². The highest BCUT2D eigenvalue weighted by atomic mass is 19.1. The van der Waals surface area contributed by atoms with Crippen LogP contribution in [-0.2, 0) is 4.74 Å². The summed E-state index contributed by atoms with van der Waals surface area (Å²) < 4.78 is 18.0. The summed E-state index contributed by atoms with van der Waals surface area (Å²) in [6.07, 6.45) is 0. The lowest BCUT2D eigenvalue weighted by Crippen LogP contribution is -2.10. The average Bonchev–Trinajstić information content (AvgIpc) is 2.14. The summed E-state index contributed by atoms with van der Waals surface area (Å²) in [6, 6.07) is 1.66. The van der Waals surface area contributed by atoms with E-state index in [1.54, 1.807) is 19.9 Å². The van der Waals surface area contributed by atoms with Gasteiger partial charge in [-0.3, -0.25) is 0 Å². The number of benzene rings is 1. The number of anilines is 1. The summed E-state index contributed by atoms with van der Waals surface area (Å²) in [5, 5.41) is 0. The molecule has 0 aromatic heterocycles. The number of nitrogens with two attached hydrogens (primary N) is 1. The van der Waals surface area contributed by atoms with Crippen molar-refractivity contribution in [3.05, 3.63) is 28.6 Å². The summed E-state index contributed by atoms with van der Waals surface area (Å²) in [5.74, 6) is -1.40. The van der Waals surface area contributed by atoms with E-state index in [2.05, 4.69) is 4.74 Å². The van der Waals surface area contributed by atoms with Gasteiger partial charge in [-0.25, -0.2) is 9.18 Å². The van der Waals surface area contributed by atoms with Crippen molar-refractivity contribution in [2.24, 2.45) is 0 Å². The highest BCUT2D eigenvalue weighted by Crippen LogP contribution is 2.23. The molecule has 0 fully saturated rings. The molecule has 1 rings (SSSR count). The van der Waals surface area contributed by atoms with E-state index in [0.29, 0.717) is 11.1 Å². The molecule has 0 bridgehead atoms. The van der Waals surface area contributed by atoms with E-state index in [9.17, 15) is 9.18 Å². The topological polar surface area (TPSA) is 52.3 Å². The molecule has 0 radical (unpaired) electrons. The Bertz CT molecular complexity index is 388. The third-order valence-electron chi connectivity index (χ3n) is 2.10. The van der Waals surface area contributed by atoms with Crippen molar-refractivity contribution in [3.63, 3.8) is 0 Å². The Morgan fingerprint density at radius 2 is 2.00 bits per heavy atom. The van der Waals surface area contributed by atoms with E-state index in [0.717, 1.165) is 0 Å². The fraction of sp³-hybridized carbons (Fsp3) is 0.300. The summed E-state index contributed by atoms with van der Waals surface area (Å²) in [6.45, 7) is 3.33. The molecule has 0 aliphatic rings. The van der Waals surface area contributed by atoms with Crippen molar-refractivity contribution >= 4 is 11.7 Å².